The monoisotopic (exact) mass is 766 g/mol. The van der Waals surface area contributed by atoms with Gasteiger partial charge in [-0.2, -0.15) is 0 Å². The van der Waals surface area contributed by atoms with Gasteiger partial charge in [0.05, 0.1) is 11.2 Å². The summed E-state index contributed by atoms with van der Waals surface area (Å²) in [7, 11) is 0. The highest BCUT2D eigenvalue weighted by Crippen LogP contribution is 2.41. The zero-order valence-corrected chi connectivity index (χ0v) is 32.7. The number of fused-ring (bicyclic) bond motifs is 4. The molecule has 2 heterocycles. The molecule has 1 unspecified atom stereocenters. The Morgan fingerprint density at radius 3 is 1.62 bits per heavy atom. The van der Waals surface area contributed by atoms with E-state index in [4.69, 9.17) is 15.0 Å². The molecule has 0 aliphatic carbocycles. The lowest BCUT2D eigenvalue weighted by Gasteiger charge is -2.24. The molecule has 282 valence electrons. The van der Waals surface area contributed by atoms with E-state index in [1.54, 1.807) is 0 Å². The number of hydrogen-bond donors (Lipinski definition) is 1. The lowest BCUT2D eigenvalue weighted by molar-refractivity contribution is 0.674. The van der Waals surface area contributed by atoms with E-state index >= 15 is 0 Å². The van der Waals surface area contributed by atoms with Crippen molar-refractivity contribution in [1.29, 1.82) is 0 Å². The molecule has 1 aromatic heterocycles. The van der Waals surface area contributed by atoms with E-state index in [2.05, 4.69) is 199 Å². The molecule has 1 aliphatic heterocycles. The molecule has 0 spiro atoms. The fourth-order valence-electron chi connectivity index (χ4n) is 8.58. The number of pyridine rings is 1. The van der Waals surface area contributed by atoms with Crippen molar-refractivity contribution in [2.45, 2.75) is 6.17 Å². The molecule has 1 atom stereocenters. The van der Waals surface area contributed by atoms with Gasteiger partial charge < -0.3 is 5.32 Å². The fraction of sp³-hybridized carbons (Fsp3) is 0.0179. The summed E-state index contributed by atoms with van der Waals surface area (Å²) in [5.74, 6) is 1.47. The molecular weight excluding hydrogens is 729 g/mol. The number of rotatable bonds is 7. The molecule has 0 amide bonds. The molecule has 1 aliphatic rings. The van der Waals surface area contributed by atoms with Gasteiger partial charge in [-0.3, -0.25) is 0 Å². The second-order valence-electron chi connectivity index (χ2n) is 15.2. The van der Waals surface area contributed by atoms with E-state index in [1.807, 2.05) is 24.3 Å². The first-order valence-corrected chi connectivity index (χ1v) is 20.4. The van der Waals surface area contributed by atoms with E-state index in [1.165, 1.54) is 10.9 Å². The van der Waals surface area contributed by atoms with Crippen LogP contribution in [0.2, 0.25) is 0 Å². The van der Waals surface area contributed by atoms with Crippen molar-refractivity contribution in [3.8, 4) is 44.6 Å². The molecule has 1 N–H and O–H groups in total. The quantitative estimate of drug-likeness (QED) is 0.164. The third-order valence-corrected chi connectivity index (χ3v) is 11.5. The minimum atomic E-state index is -0.313. The van der Waals surface area contributed by atoms with Crippen molar-refractivity contribution in [3.63, 3.8) is 0 Å². The maximum absolute atomic E-state index is 5.32. The molecule has 10 aromatic rings. The van der Waals surface area contributed by atoms with E-state index in [0.29, 0.717) is 5.84 Å². The van der Waals surface area contributed by atoms with Crippen LogP contribution in [-0.4, -0.2) is 16.7 Å². The molecular formula is C56H38N4. The van der Waals surface area contributed by atoms with Crippen LogP contribution >= 0.6 is 0 Å². The highest BCUT2D eigenvalue weighted by molar-refractivity contribution is 6.16. The smallest absolute Gasteiger partial charge is 0.159 e. The predicted octanol–water partition coefficient (Wildman–Crippen LogP) is 13.7. The number of benzene rings is 9. The SMILES string of the molecule is c1ccc(C2=NC(c3cc(-c4cccc(-c5ccccc5)c4)cc(-c4ccc(-c5nc6ccccc6c6ccccc56)c5ccccc45)c3)=NC(c3ccccc3)N2)cc1. The van der Waals surface area contributed by atoms with Crippen LogP contribution in [0.25, 0.3) is 77.1 Å². The van der Waals surface area contributed by atoms with E-state index in [9.17, 15) is 0 Å². The van der Waals surface area contributed by atoms with Crippen LogP contribution in [0.3, 0.4) is 0 Å². The van der Waals surface area contributed by atoms with Crippen LogP contribution in [0.4, 0.5) is 0 Å². The molecule has 0 bridgehead atoms. The Bertz CT molecular complexity index is 3280. The van der Waals surface area contributed by atoms with Crippen LogP contribution in [0.15, 0.2) is 228 Å². The Labute approximate surface area is 348 Å². The Morgan fingerprint density at radius 1 is 0.350 bits per heavy atom. The topological polar surface area (TPSA) is 49.6 Å². The Balaban J connectivity index is 1.13. The summed E-state index contributed by atoms with van der Waals surface area (Å²) in [6.07, 6.45) is -0.313. The van der Waals surface area contributed by atoms with Crippen molar-refractivity contribution in [2.24, 2.45) is 9.98 Å². The van der Waals surface area contributed by atoms with Crippen LogP contribution in [0.5, 0.6) is 0 Å². The molecule has 0 radical (unpaired) electrons. The fourth-order valence-corrected chi connectivity index (χ4v) is 8.58. The van der Waals surface area contributed by atoms with E-state index < -0.39 is 0 Å². The Kier molecular flexibility index (Phi) is 8.86. The maximum Gasteiger partial charge on any atom is 0.159 e. The first kappa shape index (κ1) is 35.2. The molecule has 0 fully saturated rings. The summed E-state index contributed by atoms with van der Waals surface area (Å²) in [4.78, 5) is 15.9. The van der Waals surface area contributed by atoms with Crippen molar-refractivity contribution in [1.82, 2.24) is 10.3 Å². The molecule has 9 aromatic carbocycles. The standard InChI is InChI=1S/C56H38N4/c1-4-17-37(18-5-1)40-23-16-24-41(33-40)42-34-43(36-44(35-42)56-59-54(38-19-6-2-7-20-38)58-55(60-56)39-21-8-3-9-22-39)45-31-32-51(47-26-11-10-25-46(45)47)53-50-29-13-12-27-48(50)49-28-14-15-30-52(49)57-53/h1-36,54H,(H,58,59,60). The average Bonchev–Trinajstić information content (AvgIpc) is 3.34. The van der Waals surface area contributed by atoms with Crippen LogP contribution < -0.4 is 5.32 Å². The Morgan fingerprint density at radius 2 is 0.867 bits per heavy atom. The number of nitrogens with one attached hydrogen (secondary N) is 1. The molecule has 4 heteroatoms. The number of hydrogen-bond acceptors (Lipinski definition) is 4. The highest BCUT2D eigenvalue weighted by atomic mass is 15.2. The number of nitrogens with zero attached hydrogens (tertiary/aromatic N) is 3. The summed E-state index contributed by atoms with van der Waals surface area (Å²) < 4.78 is 0. The molecule has 11 rings (SSSR count). The second-order valence-corrected chi connectivity index (χ2v) is 15.2. The zero-order valence-electron chi connectivity index (χ0n) is 32.7. The minimum absolute atomic E-state index is 0.313. The average molecular weight is 767 g/mol. The van der Waals surface area contributed by atoms with Gasteiger partial charge in [0.2, 0.25) is 0 Å². The van der Waals surface area contributed by atoms with Gasteiger partial charge in [0.25, 0.3) is 0 Å². The van der Waals surface area contributed by atoms with Gasteiger partial charge >= 0.3 is 0 Å². The maximum atomic E-state index is 5.32. The highest BCUT2D eigenvalue weighted by Gasteiger charge is 2.23. The van der Waals surface area contributed by atoms with Gasteiger partial charge in [0, 0.05) is 27.5 Å². The number of amidine groups is 2. The molecule has 0 saturated carbocycles. The summed E-state index contributed by atoms with van der Waals surface area (Å²) >= 11 is 0. The first-order chi connectivity index (χ1) is 29.7. The van der Waals surface area contributed by atoms with Gasteiger partial charge in [-0.15, -0.1) is 0 Å². The van der Waals surface area contributed by atoms with Gasteiger partial charge in [-0.25, -0.2) is 15.0 Å². The van der Waals surface area contributed by atoms with Crippen molar-refractivity contribution >= 4 is 44.1 Å². The van der Waals surface area contributed by atoms with Gasteiger partial charge in [0.1, 0.15) is 12.0 Å². The lowest BCUT2D eigenvalue weighted by atomic mass is 9.89. The Hall–Kier alpha value is -7.95. The first-order valence-electron chi connectivity index (χ1n) is 20.4. The number of aliphatic imine (C=N–C) groups is 2. The van der Waals surface area contributed by atoms with Crippen LogP contribution in [0.1, 0.15) is 22.9 Å². The summed E-state index contributed by atoms with van der Waals surface area (Å²) in [5, 5.41) is 9.43. The van der Waals surface area contributed by atoms with Crippen molar-refractivity contribution < 1.29 is 0 Å². The molecule has 4 nitrogen and oxygen atoms in total. The van der Waals surface area contributed by atoms with Crippen molar-refractivity contribution in [2.75, 3.05) is 0 Å². The number of aromatic nitrogens is 1. The summed E-state index contributed by atoms with van der Waals surface area (Å²) in [5.41, 5.74) is 12.9. The zero-order chi connectivity index (χ0) is 39.8. The van der Waals surface area contributed by atoms with Gasteiger partial charge in [0.15, 0.2) is 5.84 Å². The van der Waals surface area contributed by atoms with Crippen molar-refractivity contribution in [3.05, 3.63) is 235 Å². The largest absolute Gasteiger partial charge is 0.344 e. The van der Waals surface area contributed by atoms with E-state index in [-0.39, 0.29) is 6.17 Å². The van der Waals surface area contributed by atoms with Crippen LogP contribution in [0, 0.1) is 0 Å². The molecule has 0 saturated heterocycles. The van der Waals surface area contributed by atoms with Gasteiger partial charge in [-0.1, -0.05) is 188 Å². The van der Waals surface area contributed by atoms with Gasteiger partial charge in [-0.05, 0) is 85.4 Å². The summed E-state index contributed by atoms with van der Waals surface area (Å²) in [6.45, 7) is 0. The third kappa shape index (κ3) is 6.51. The predicted molar refractivity (Wildman–Crippen MR) is 250 cm³/mol. The van der Waals surface area contributed by atoms with Crippen LogP contribution in [-0.2, 0) is 0 Å². The normalized spacial score (nSPS) is 13.8. The summed E-state index contributed by atoms with van der Waals surface area (Å²) in [6, 6.07) is 77.2. The number of para-hydroxylation sites is 1. The lowest BCUT2D eigenvalue weighted by Crippen LogP contribution is -2.33. The van der Waals surface area contributed by atoms with E-state index in [0.717, 1.165) is 88.7 Å². The third-order valence-electron chi connectivity index (χ3n) is 11.5. The second kappa shape index (κ2) is 15.1. The minimum Gasteiger partial charge on any atom is -0.344 e. The molecule has 60 heavy (non-hydrogen) atoms.